The van der Waals surface area contributed by atoms with Crippen molar-refractivity contribution < 1.29 is 4.52 Å². The lowest BCUT2D eigenvalue weighted by Gasteiger charge is -2.05. The number of aromatic nitrogens is 4. The number of hydrogen-bond donors (Lipinski definition) is 1. The van der Waals surface area contributed by atoms with Crippen molar-refractivity contribution in [1.82, 2.24) is 25.2 Å². The highest BCUT2D eigenvalue weighted by atomic mass is 16.5. The molecule has 0 unspecified atom stereocenters. The van der Waals surface area contributed by atoms with Crippen molar-refractivity contribution in [2.45, 2.75) is 32.7 Å². The van der Waals surface area contributed by atoms with E-state index in [0.29, 0.717) is 11.7 Å². The number of nitrogens with one attached hydrogen (secondary N) is 1. The first-order valence-corrected chi connectivity index (χ1v) is 8.34. The van der Waals surface area contributed by atoms with E-state index in [1.54, 1.807) is 0 Å². The van der Waals surface area contributed by atoms with Crippen LogP contribution in [0.5, 0.6) is 0 Å². The lowest BCUT2D eigenvalue weighted by molar-refractivity contribution is 0.359. The topological polar surface area (TPSA) is 68.8 Å². The van der Waals surface area contributed by atoms with E-state index in [-0.39, 0.29) is 0 Å². The van der Waals surface area contributed by atoms with Gasteiger partial charge in [-0.3, -0.25) is 4.68 Å². The van der Waals surface area contributed by atoms with Crippen LogP contribution in [0.1, 0.15) is 35.2 Å². The van der Waals surface area contributed by atoms with Crippen molar-refractivity contribution in [2.75, 3.05) is 13.1 Å². The fraction of sp³-hybridized carbons (Fsp3) is 0.389. The van der Waals surface area contributed by atoms with Crippen molar-refractivity contribution >= 4 is 0 Å². The first-order valence-electron chi connectivity index (χ1n) is 8.34. The molecule has 124 valence electrons. The molecule has 1 aliphatic heterocycles. The van der Waals surface area contributed by atoms with Crippen molar-refractivity contribution in [3.63, 3.8) is 0 Å². The van der Waals surface area contributed by atoms with E-state index >= 15 is 0 Å². The van der Waals surface area contributed by atoms with Crippen LogP contribution in [0.25, 0.3) is 11.4 Å². The van der Waals surface area contributed by atoms with Gasteiger partial charge in [-0.05, 0) is 44.5 Å². The molecule has 1 saturated heterocycles. The molecule has 24 heavy (non-hydrogen) atoms. The molecule has 0 spiro atoms. The zero-order valence-electron chi connectivity index (χ0n) is 14.0. The van der Waals surface area contributed by atoms with Gasteiger partial charge in [-0.25, -0.2) is 0 Å². The van der Waals surface area contributed by atoms with Crippen molar-refractivity contribution in [3.8, 4) is 11.4 Å². The van der Waals surface area contributed by atoms with Gasteiger partial charge in [-0.15, -0.1) is 0 Å². The first-order chi connectivity index (χ1) is 11.7. The molecule has 0 amide bonds. The Morgan fingerprint density at radius 2 is 2.21 bits per heavy atom. The van der Waals surface area contributed by atoms with Gasteiger partial charge in [-0.2, -0.15) is 10.1 Å². The first kappa shape index (κ1) is 15.1. The highest BCUT2D eigenvalue weighted by Crippen LogP contribution is 2.24. The van der Waals surface area contributed by atoms with Crippen LogP contribution in [0.3, 0.4) is 0 Å². The van der Waals surface area contributed by atoms with Gasteiger partial charge in [0.1, 0.15) is 0 Å². The fourth-order valence-electron chi connectivity index (χ4n) is 3.20. The van der Waals surface area contributed by atoms with E-state index < -0.39 is 0 Å². The zero-order chi connectivity index (χ0) is 16.5. The van der Waals surface area contributed by atoms with E-state index in [1.807, 2.05) is 23.7 Å². The van der Waals surface area contributed by atoms with Gasteiger partial charge in [0, 0.05) is 17.8 Å². The zero-order valence-corrected chi connectivity index (χ0v) is 14.0. The minimum absolute atomic E-state index is 0.337. The molecule has 4 rings (SSSR count). The Morgan fingerprint density at radius 3 is 2.96 bits per heavy atom. The quantitative estimate of drug-likeness (QED) is 0.799. The fourth-order valence-corrected chi connectivity index (χ4v) is 3.20. The Bertz CT molecular complexity index is 845. The number of hydrogen-bond acceptors (Lipinski definition) is 5. The summed E-state index contributed by atoms with van der Waals surface area (Å²) < 4.78 is 7.48. The Hall–Kier alpha value is -2.47. The maximum atomic E-state index is 5.46. The largest absolute Gasteiger partial charge is 0.339 e. The minimum Gasteiger partial charge on any atom is -0.339 e. The van der Waals surface area contributed by atoms with Gasteiger partial charge in [0.2, 0.25) is 11.7 Å². The Labute approximate surface area is 140 Å². The van der Waals surface area contributed by atoms with Gasteiger partial charge in [0.25, 0.3) is 0 Å². The molecule has 1 fully saturated rings. The summed E-state index contributed by atoms with van der Waals surface area (Å²) in [4.78, 5) is 4.59. The second-order valence-electron chi connectivity index (χ2n) is 6.43. The molecule has 0 bridgehead atoms. The second kappa shape index (κ2) is 6.20. The maximum absolute atomic E-state index is 5.46. The predicted octanol–water partition coefficient (Wildman–Crippen LogP) is 2.68. The summed E-state index contributed by atoms with van der Waals surface area (Å²) in [6, 6.07) is 10.3. The molecular formula is C18H21N5O. The SMILES string of the molecule is Cc1cc(C)n(Cc2cccc(-c3noc([C@@H]4CCNC4)n3)c2)n1. The van der Waals surface area contributed by atoms with Crippen molar-refractivity contribution in [1.29, 1.82) is 0 Å². The highest BCUT2D eigenvalue weighted by molar-refractivity contribution is 5.55. The third-order valence-corrected chi connectivity index (χ3v) is 4.47. The normalized spacial score (nSPS) is 17.5. The number of aryl methyl sites for hydroxylation is 2. The van der Waals surface area contributed by atoms with Gasteiger partial charge in [0.15, 0.2) is 0 Å². The summed E-state index contributed by atoms with van der Waals surface area (Å²) in [7, 11) is 0. The van der Waals surface area contributed by atoms with Crippen LogP contribution in [-0.2, 0) is 6.54 Å². The molecule has 1 N–H and O–H groups in total. The minimum atomic E-state index is 0.337. The van der Waals surface area contributed by atoms with Gasteiger partial charge in [-0.1, -0.05) is 23.4 Å². The van der Waals surface area contributed by atoms with Crippen LogP contribution < -0.4 is 5.32 Å². The highest BCUT2D eigenvalue weighted by Gasteiger charge is 2.23. The molecular weight excluding hydrogens is 302 g/mol. The third kappa shape index (κ3) is 2.97. The van der Waals surface area contributed by atoms with Crippen molar-refractivity contribution in [3.05, 3.63) is 53.2 Å². The van der Waals surface area contributed by atoms with Crippen LogP contribution in [0.2, 0.25) is 0 Å². The van der Waals surface area contributed by atoms with Crippen LogP contribution in [-0.4, -0.2) is 33.0 Å². The molecule has 2 aromatic heterocycles. The molecule has 1 aromatic carbocycles. The second-order valence-corrected chi connectivity index (χ2v) is 6.43. The summed E-state index contributed by atoms with van der Waals surface area (Å²) in [5.41, 5.74) is 4.35. The number of rotatable bonds is 4. The summed E-state index contributed by atoms with van der Waals surface area (Å²) in [5.74, 6) is 1.73. The molecule has 1 aliphatic rings. The van der Waals surface area contributed by atoms with E-state index in [0.717, 1.165) is 48.9 Å². The maximum Gasteiger partial charge on any atom is 0.231 e. The van der Waals surface area contributed by atoms with Gasteiger partial charge < -0.3 is 9.84 Å². The van der Waals surface area contributed by atoms with Gasteiger partial charge >= 0.3 is 0 Å². The molecule has 6 nitrogen and oxygen atoms in total. The predicted molar refractivity (Wildman–Crippen MR) is 90.8 cm³/mol. The Morgan fingerprint density at radius 1 is 1.29 bits per heavy atom. The summed E-state index contributed by atoms with van der Waals surface area (Å²) in [6.07, 6.45) is 1.06. The molecule has 3 heterocycles. The summed E-state index contributed by atoms with van der Waals surface area (Å²) in [5, 5.41) is 12.0. The van der Waals surface area contributed by atoms with E-state index in [4.69, 9.17) is 4.52 Å². The van der Waals surface area contributed by atoms with Crippen molar-refractivity contribution in [2.24, 2.45) is 0 Å². The third-order valence-electron chi connectivity index (χ3n) is 4.47. The molecule has 3 aromatic rings. The molecule has 0 saturated carbocycles. The average Bonchev–Trinajstić information content (AvgIpc) is 3.29. The summed E-state index contributed by atoms with van der Waals surface area (Å²) >= 11 is 0. The van der Waals surface area contributed by atoms with Crippen LogP contribution in [0.4, 0.5) is 0 Å². The molecule has 1 atom stereocenters. The number of benzene rings is 1. The van der Waals surface area contributed by atoms with E-state index in [2.05, 4.69) is 45.7 Å². The Kier molecular flexibility index (Phi) is 3.90. The monoisotopic (exact) mass is 323 g/mol. The number of nitrogens with zero attached hydrogens (tertiary/aromatic N) is 4. The van der Waals surface area contributed by atoms with Crippen LogP contribution >= 0.6 is 0 Å². The smallest absolute Gasteiger partial charge is 0.231 e. The average molecular weight is 323 g/mol. The van der Waals surface area contributed by atoms with E-state index in [9.17, 15) is 0 Å². The molecule has 0 aliphatic carbocycles. The van der Waals surface area contributed by atoms with Crippen LogP contribution in [0.15, 0.2) is 34.9 Å². The standard InChI is InChI=1S/C18H21N5O/c1-12-8-13(2)23(21-12)11-14-4-3-5-15(9-14)17-20-18(24-22-17)16-6-7-19-10-16/h3-5,8-9,16,19H,6-7,10-11H2,1-2H3/t16-/m1/s1. The lowest BCUT2D eigenvalue weighted by atomic mass is 10.1. The lowest BCUT2D eigenvalue weighted by Crippen LogP contribution is -2.08. The van der Waals surface area contributed by atoms with Crippen LogP contribution in [0, 0.1) is 13.8 Å². The van der Waals surface area contributed by atoms with E-state index in [1.165, 1.54) is 5.56 Å². The molecule has 6 heteroatoms. The van der Waals surface area contributed by atoms with Gasteiger partial charge in [0.05, 0.1) is 18.2 Å². The molecule has 0 radical (unpaired) electrons. The Balaban J connectivity index is 1.57. The summed E-state index contributed by atoms with van der Waals surface area (Å²) in [6.45, 7) is 6.76.